The highest BCUT2D eigenvalue weighted by molar-refractivity contribution is 7.92. The van der Waals surface area contributed by atoms with Crippen LogP contribution in [-0.2, 0) is 10.0 Å². The number of anilines is 2. The minimum Gasteiger partial charge on any atom is -0.336 e. The van der Waals surface area contributed by atoms with Crippen molar-refractivity contribution in [2.75, 3.05) is 22.9 Å². The van der Waals surface area contributed by atoms with Gasteiger partial charge >= 0.3 is 6.03 Å². The average Bonchev–Trinajstić information content (AvgIpc) is 2.25. The van der Waals surface area contributed by atoms with Gasteiger partial charge in [0.25, 0.3) is 0 Å². The predicted octanol–water partition coefficient (Wildman–Crippen LogP) is 1.75. The third kappa shape index (κ3) is 4.37. The zero-order chi connectivity index (χ0) is 15.5. The number of sulfonamides is 1. The lowest BCUT2D eigenvalue weighted by atomic mass is 10.2. The molecule has 6 nitrogen and oxygen atoms in total. The van der Waals surface area contributed by atoms with Crippen LogP contribution >= 0.6 is 0 Å². The first-order chi connectivity index (χ1) is 9.11. The van der Waals surface area contributed by atoms with Crippen molar-refractivity contribution in [3.05, 3.63) is 24.0 Å². The van der Waals surface area contributed by atoms with Crippen LogP contribution in [-0.4, -0.2) is 33.8 Å². The summed E-state index contributed by atoms with van der Waals surface area (Å²) in [5, 5.41) is 5.01. The highest BCUT2D eigenvalue weighted by Gasteiger charge is 2.17. The van der Waals surface area contributed by atoms with Gasteiger partial charge < -0.3 is 10.6 Å². The number of carbonyl (C=O) groups excluding carboxylic acids is 1. The number of nitrogens with zero attached hydrogens (tertiary/aromatic N) is 1. The van der Waals surface area contributed by atoms with Crippen molar-refractivity contribution in [1.82, 2.24) is 5.32 Å². The lowest BCUT2D eigenvalue weighted by Gasteiger charge is -2.21. The number of carbonyl (C=O) groups is 1. The summed E-state index contributed by atoms with van der Waals surface area (Å²) in [5.74, 6) is -0.574. The Morgan fingerprint density at radius 2 is 1.95 bits per heavy atom. The zero-order valence-corrected chi connectivity index (χ0v) is 12.6. The van der Waals surface area contributed by atoms with Crippen molar-refractivity contribution in [2.45, 2.75) is 19.9 Å². The second-order valence-electron chi connectivity index (χ2n) is 4.65. The van der Waals surface area contributed by atoms with E-state index in [1.54, 1.807) is 13.8 Å². The second-order valence-corrected chi connectivity index (χ2v) is 6.66. The standard InChI is InChI=1S/C12H18FN3O3S/c1-8(2)14-12(17)15-10-7-9(13)5-6-11(10)16(3)20(4,18)19/h5-8H,1-4H3,(H2,14,15,17). The molecule has 1 aromatic carbocycles. The Labute approximate surface area is 118 Å². The summed E-state index contributed by atoms with van der Waals surface area (Å²) in [4.78, 5) is 11.6. The molecule has 0 radical (unpaired) electrons. The summed E-state index contributed by atoms with van der Waals surface area (Å²) in [7, 11) is -2.18. The first-order valence-electron chi connectivity index (χ1n) is 5.92. The second kappa shape index (κ2) is 6.08. The molecule has 0 fully saturated rings. The van der Waals surface area contributed by atoms with Crippen LogP contribution in [0.15, 0.2) is 18.2 Å². The van der Waals surface area contributed by atoms with Crippen molar-refractivity contribution in [1.29, 1.82) is 0 Å². The SMILES string of the molecule is CC(C)NC(=O)Nc1cc(F)ccc1N(C)S(C)(=O)=O. The van der Waals surface area contributed by atoms with Gasteiger partial charge in [0.15, 0.2) is 0 Å². The molecule has 1 rings (SSSR count). The largest absolute Gasteiger partial charge is 0.336 e. The van der Waals surface area contributed by atoms with Gasteiger partial charge in [-0.1, -0.05) is 0 Å². The predicted molar refractivity (Wildman–Crippen MR) is 76.9 cm³/mol. The van der Waals surface area contributed by atoms with Crippen LogP contribution in [0.2, 0.25) is 0 Å². The zero-order valence-electron chi connectivity index (χ0n) is 11.8. The van der Waals surface area contributed by atoms with Crippen LogP contribution in [0.4, 0.5) is 20.6 Å². The van der Waals surface area contributed by atoms with Crippen molar-refractivity contribution < 1.29 is 17.6 Å². The fourth-order valence-corrected chi connectivity index (χ4v) is 2.00. The van der Waals surface area contributed by atoms with Crippen LogP contribution in [0.25, 0.3) is 0 Å². The van der Waals surface area contributed by atoms with E-state index < -0.39 is 21.9 Å². The molecule has 20 heavy (non-hydrogen) atoms. The molecule has 0 aliphatic rings. The molecule has 0 aromatic heterocycles. The lowest BCUT2D eigenvalue weighted by molar-refractivity contribution is 0.250. The summed E-state index contributed by atoms with van der Waals surface area (Å²) < 4.78 is 37.3. The highest BCUT2D eigenvalue weighted by Crippen LogP contribution is 2.27. The molecule has 2 N–H and O–H groups in total. The number of rotatable bonds is 4. The molecule has 112 valence electrons. The van der Waals surface area contributed by atoms with E-state index in [1.165, 1.54) is 13.1 Å². The summed E-state index contributed by atoms with van der Waals surface area (Å²) in [5.41, 5.74) is 0.267. The van der Waals surface area contributed by atoms with Crippen LogP contribution in [0, 0.1) is 5.82 Å². The van der Waals surface area contributed by atoms with Crippen molar-refractivity contribution >= 4 is 27.4 Å². The highest BCUT2D eigenvalue weighted by atomic mass is 32.2. The van der Waals surface area contributed by atoms with Gasteiger partial charge in [-0.2, -0.15) is 0 Å². The Balaban J connectivity index is 3.12. The summed E-state index contributed by atoms with van der Waals surface area (Å²) >= 11 is 0. The first kappa shape index (κ1) is 16.2. The molecule has 2 amide bonds. The number of halogens is 1. The Kier molecular flexibility index (Phi) is 4.93. The molecule has 0 saturated carbocycles. The summed E-state index contributed by atoms with van der Waals surface area (Å²) in [6.45, 7) is 3.55. The van der Waals surface area contributed by atoms with E-state index >= 15 is 0 Å². The number of nitrogens with one attached hydrogen (secondary N) is 2. The Bertz CT molecular complexity index is 602. The van der Waals surface area contributed by atoms with Gasteiger partial charge in [0.1, 0.15) is 5.82 Å². The molecule has 0 unspecified atom stereocenters. The fraction of sp³-hybridized carbons (Fsp3) is 0.417. The lowest BCUT2D eigenvalue weighted by Crippen LogP contribution is -2.35. The molecule has 0 saturated heterocycles. The third-order valence-electron chi connectivity index (χ3n) is 2.46. The number of hydrogen-bond acceptors (Lipinski definition) is 3. The van der Waals surface area contributed by atoms with Crippen LogP contribution in [0.3, 0.4) is 0 Å². The van der Waals surface area contributed by atoms with Crippen molar-refractivity contribution in [3.8, 4) is 0 Å². The topological polar surface area (TPSA) is 78.5 Å². The van der Waals surface area contributed by atoms with Gasteiger partial charge in [0, 0.05) is 13.1 Å². The van der Waals surface area contributed by atoms with E-state index in [2.05, 4.69) is 10.6 Å². The van der Waals surface area contributed by atoms with Crippen molar-refractivity contribution in [3.63, 3.8) is 0 Å². The van der Waals surface area contributed by atoms with Crippen LogP contribution < -0.4 is 14.9 Å². The molecule has 0 spiro atoms. The first-order valence-corrected chi connectivity index (χ1v) is 7.77. The van der Waals surface area contributed by atoms with E-state index in [-0.39, 0.29) is 17.4 Å². The molecule has 0 heterocycles. The maximum atomic E-state index is 13.3. The monoisotopic (exact) mass is 303 g/mol. The molecule has 0 atom stereocenters. The fourth-order valence-electron chi connectivity index (χ4n) is 1.48. The Hall–Kier alpha value is -1.83. The molecular weight excluding hydrogens is 285 g/mol. The molecule has 0 bridgehead atoms. The molecule has 1 aromatic rings. The van der Waals surface area contributed by atoms with E-state index in [4.69, 9.17) is 0 Å². The maximum absolute atomic E-state index is 13.3. The van der Waals surface area contributed by atoms with E-state index in [0.29, 0.717) is 0 Å². The molecule has 0 aliphatic carbocycles. The van der Waals surface area contributed by atoms with E-state index in [9.17, 15) is 17.6 Å². The minimum absolute atomic E-state index is 0.0797. The normalized spacial score (nSPS) is 11.3. The smallest absolute Gasteiger partial charge is 0.319 e. The van der Waals surface area contributed by atoms with Crippen LogP contribution in [0.5, 0.6) is 0 Å². The average molecular weight is 303 g/mol. The van der Waals surface area contributed by atoms with Gasteiger partial charge in [0.05, 0.1) is 17.6 Å². The molecule has 0 aliphatic heterocycles. The minimum atomic E-state index is -3.51. The molecule has 8 heteroatoms. The number of amides is 2. The number of hydrogen-bond donors (Lipinski definition) is 2. The van der Waals surface area contributed by atoms with E-state index in [0.717, 1.165) is 22.7 Å². The van der Waals surface area contributed by atoms with Gasteiger partial charge in [-0.05, 0) is 32.0 Å². The van der Waals surface area contributed by atoms with Crippen LogP contribution in [0.1, 0.15) is 13.8 Å². The Morgan fingerprint density at radius 1 is 1.35 bits per heavy atom. The molecular formula is C12H18FN3O3S. The van der Waals surface area contributed by atoms with Gasteiger partial charge in [-0.25, -0.2) is 17.6 Å². The van der Waals surface area contributed by atoms with E-state index in [1.807, 2.05) is 0 Å². The summed E-state index contributed by atoms with van der Waals surface area (Å²) in [6.07, 6.45) is 1.02. The van der Waals surface area contributed by atoms with Gasteiger partial charge in [-0.3, -0.25) is 4.31 Å². The number of benzene rings is 1. The number of urea groups is 1. The van der Waals surface area contributed by atoms with Gasteiger partial charge in [-0.15, -0.1) is 0 Å². The maximum Gasteiger partial charge on any atom is 0.319 e. The van der Waals surface area contributed by atoms with Gasteiger partial charge in [0.2, 0.25) is 10.0 Å². The quantitative estimate of drug-likeness (QED) is 0.889. The Morgan fingerprint density at radius 3 is 2.45 bits per heavy atom. The third-order valence-corrected chi connectivity index (χ3v) is 3.65. The summed E-state index contributed by atoms with van der Waals surface area (Å²) in [6, 6.07) is 2.86. The van der Waals surface area contributed by atoms with Crippen molar-refractivity contribution in [2.24, 2.45) is 0 Å².